The second-order valence-corrected chi connectivity index (χ2v) is 4.10. The van der Waals surface area contributed by atoms with E-state index in [2.05, 4.69) is 5.32 Å². The van der Waals surface area contributed by atoms with Gasteiger partial charge in [0.1, 0.15) is 0 Å². The number of nitrogens with one attached hydrogen (secondary N) is 1. The van der Waals surface area contributed by atoms with Crippen LogP contribution < -0.4 is 11.1 Å². The molecular weight excluding hydrogens is 192 g/mol. The molecule has 15 heavy (non-hydrogen) atoms. The van der Waals surface area contributed by atoms with Crippen molar-refractivity contribution in [2.45, 2.75) is 46.1 Å². The minimum absolute atomic E-state index is 0.0989. The van der Waals surface area contributed by atoms with E-state index in [4.69, 9.17) is 5.73 Å². The molecule has 0 aliphatic heterocycles. The maximum atomic E-state index is 11.5. The lowest BCUT2D eigenvalue weighted by Gasteiger charge is -2.29. The molecule has 1 atom stereocenters. The zero-order valence-electron chi connectivity index (χ0n) is 10.0. The first-order chi connectivity index (χ1) is 7.05. The van der Waals surface area contributed by atoms with Crippen molar-refractivity contribution in [1.82, 2.24) is 5.32 Å². The lowest BCUT2D eigenvalue weighted by atomic mass is 9.83. The van der Waals surface area contributed by atoms with E-state index < -0.39 is 6.04 Å². The van der Waals surface area contributed by atoms with Crippen molar-refractivity contribution in [2.24, 2.45) is 11.1 Å². The highest BCUT2D eigenvalue weighted by molar-refractivity contribution is 5.81. The van der Waals surface area contributed by atoms with Crippen LogP contribution in [0.2, 0.25) is 0 Å². The first-order valence-electron chi connectivity index (χ1n) is 5.69. The standard InChI is InChI=1S/C11H24N2O2/c1-4-9(12)10(15)13-7-11(5-2,6-3)8-14/h9,14H,4-8,12H2,1-3H3,(H,13,15). The molecule has 0 heterocycles. The Morgan fingerprint density at radius 1 is 1.40 bits per heavy atom. The molecule has 1 amide bonds. The summed E-state index contributed by atoms with van der Waals surface area (Å²) in [6.45, 7) is 6.52. The molecule has 0 aromatic carbocycles. The fourth-order valence-corrected chi connectivity index (χ4v) is 1.37. The van der Waals surface area contributed by atoms with Gasteiger partial charge < -0.3 is 16.2 Å². The number of aliphatic hydroxyl groups excluding tert-OH is 1. The third-order valence-electron chi connectivity index (χ3n) is 3.25. The van der Waals surface area contributed by atoms with Gasteiger partial charge in [0.15, 0.2) is 0 Å². The van der Waals surface area contributed by atoms with E-state index in [9.17, 15) is 9.90 Å². The van der Waals surface area contributed by atoms with Crippen molar-refractivity contribution in [3.8, 4) is 0 Å². The summed E-state index contributed by atoms with van der Waals surface area (Å²) in [5.74, 6) is -0.128. The topological polar surface area (TPSA) is 75.4 Å². The second-order valence-electron chi connectivity index (χ2n) is 4.10. The molecule has 0 saturated heterocycles. The Hall–Kier alpha value is -0.610. The lowest BCUT2D eigenvalue weighted by Crippen LogP contribution is -2.46. The molecule has 0 aromatic heterocycles. The highest BCUT2D eigenvalue weighted by Gasteiger charge is 2.26. The molecule has 0 fully saturated rings. The molecule has 90 valence electrons. The molecular formula is C11H24N2O2. The summed E-state index contributed by atoms with van der Waals surface area (Å²) in [5.41, 5.74) is 5.40. The normalized spacial score (nSPS) is 13.7. The van der Waals surface area contributed by atoms with Crippen molar-refractivity contribution in [3.63, 3.8) is 0 Å². The van der Waals surface area contributed by atoms with Crippen molar-refractivity contribution >= 4 is 5.91 Å². The minimum Gasteiger partial charge on any atom is -0.396 e. The summed E-state index contributed by atoms with van der Waals surface area (Å²) in [4.78, 5) is 11.5. The van der Waals surface area contributed by atoms with Gasteiger partial charge in [0, 0.05) is 12.0 Å². The van der Waals surface area contributed by atoms with Gasteiger partial charge in [0.25, 0.3) is 0 Å². The zero-order valence-corrected chi connectivity index (χ0v) is 10.0. The van der Waals surface area contributed by atoms with Gasteiger partial charge >= 0.3 is 0 Å². The van der Waals surface area contributed by atoms with Crippen molar-refractivity contribution in [2.75, 3.05) is 13.2 Å². The average Bonchev–Trinajstić information content (AvgIpc) is 2.30. The van der Waals surface area contributed by atoms with Crippen molar-refractivity contribution < 1.29 is 9.90 Å². The molecule has 0 saturated carbocycles. The first-order valence-corrected chi connectivity index (χ1v) is 5.69. The van der Waals surface area contributed by atoms with Crippen LogP contribution in [0.25, 0.3) is 0 Å². The van der Waals surface area contributed by atoms with Gasteiger partial charge in [-0.3, -0.25) is 4.79 Å². The number of amides is 1. The van der Waals surface area contributed by atoms with Crippen LogP contribution in [0.1, 0.15) is 40.0 Å². The third kappa shape index (κ3) is 4.18. The summed E-state index contributed by atoms with van der Waals surface area (Å²) in [6.07, 6.45) is 2.33. The molecule has 4 heteroatoms. The number of hydrogen-bond donors (Lipinski definition) is 3. The Morgan fingerprint density at radius 3 is 2.27 bits per heavy atom. The van der Waals surface area contributed by atoms with Crippen LogP contribution in [0.15, 0.2) is 0 Å². The van der Waals surface area contributed by atoms with Gasteiger partial charge in [-0.05, 0) is 19.3 Å². The van der Waals surface area contributed by atoms with Gasteiger partial charge in [-0.2, -0.15) is 0 Å². The highest BCUT2D eigenvalue weighted by Crippen LogP contribution is 2.24. The maximum absolute atomic E-state index is 11.5. The molecule has 0 aliphatic rings. The fraction of sp³-hybridized carbons (Fsp3) is 0.909. The van der Waals surface area contributed by atoms with Crippen LogP contribution in [0.4, 0.5) is 0 Å². The molecule has 0 rings (SSSR count). The maximum Gasteiger partial charge on any atom is 0.236 e. The van der Waals surface area contributed by atoms with Gasteiger partial charge in [0.2, 0.25) is 5.91 Å². The second kappa shape index (κ2) is 6.80. The smallest absolute Gasteiger partial charge is 0.236 e. The molecule has 0 spiro atoms. The van der Waals surface area contributed by atoms with E-state index in [1.165, 1.54) is 0 Å². The predicted molar refractivity (Wildman–Crippen MR) is 61.4 cm³/mol. The average molecular weight is 216 g/mol. The molecule has 0 aliphatic carbocycles. The van der Waals surface area contributed by atoms with E-state index in [1.807, 2.05) is 20.8 Å². The Labute approximate surface area is 92.2 Å². The van der Waals surface area contributed by atoms with Crippen LogP contribution in [0.5, 0.6) is 0 Å². The number of hydrogen-bond acceptors (Lipinski definition) is 3. The van der Waals surface area contributed by atoms with E-state index in [1.54, 1.807) is 0 Å². The van der Waals surface area contributed by atoms with Gasteiger partial charge in [-0.1, -0.05) is 20.8 Å². The molecule has 0 bridgehead atoms. The van der Waals surface area contributed by atoms with Crippen LogP contribution in [0, 0.1) is 5.41 Å². The van der Waals surface area contributed by atoms with E-state index in [0.29, 0.717) is 13.0 Å². The van der Waals surface area contributed by atoms with Gasteiger partial charge in [-0.15, -0.1) is 0 Å². The zero-order chi connectivity index (χ0) is 11.9. The Balaban J connectivity index is 4.16. The Kier molecular flexibility index (Phi) is 6.52. The van der Waals surface area contributed by atoms with Crippen molar-refractivity contribution in [1.29, 1.82) is 0 Å². The van der Waals surface area contributed by atoms with Crippen molar-refractivity contribution in [3.05, 3.63) is 0 Å². The summed E-state index contributed by atoms with van der Waals surface area (Å²) in [6, 6.07) is -0.435. The number of rotatable bonds is 7. The monoisotopic (exact) mass is 216 g/mol. The van der Waals surface area contributed by atoms with Crippen LogP contribution in [0.3, 0.4) is 0 Å². The number of carbonyl (C=O) groups excluding carboxylic acids is 1. The Morgan fingerprint density at radius 2 is 1.93 bits per heavy atom. The SMILES string of the molecule is CCC(N)C(=O)NCC(CC)(CC)CO. The number of aliphatic hydroxyl groups is 1. The summed E-state index contributed by atoms with van der Waals surface area (Å²) in [5, 5.41) is 12.1. The number of carbonyl (C=O) groups is 1. The molecule has 1 unspecified atom stereocenters. The largest absolute Gasteiger partial charge is 0.396 e. The Bertz CT molecular complexity index is 183. The molecule has 0 radical (unpaired) electrons. The van der Waals surface area contributed by atoms with E-state index in [-0.39, 0.29) is 17.9 Å². The van der Waals surface area contributed by atoms with Crippen LogP contribution in [-0.2, 0) is 4.79 Å². The fourth-order valence-electron chi connectivity index (χ4n) is 1.37. The van der Waals surface area contributed by atoms with Crippen LogP contribution in [-0.4, -0.2) is 30.2 Å². The third-order valence-corrected chi connectivity index (χ3v) is 3.25. The summed E-state index contributed by atoms with van der Waals surface area (Å²) >= 11 is 0. The van der Waals surface area contributed by atoms with Gasteiger partial charge in [0.05, 0.1) is 12.6 Å². The first kappa shape index (κ1) is 14.4. The predicted octanol–water partition coefficient (Wildman–Crippen LogP) is 0.639. The van der Waals surface area contributed by atoms with E-state index in [0.717, 1.165) is 12.8 Å². The van der Waals surface area contributed by atoms with E-state index >= 15 is 0 Å². The molecule has 4 N–H and O–H groups in total. The van der Waals surface area contributed by atoms with Gasteiger partial charge in [-0.25, -0.2) is 0 Å². The summed E-state index contributed by atoms with van der Waals surface area (Å²) in [7, 11) is 0. The molecule has 4 nitrogen and oxygen atoms in total. The quantitative estimate of drug-likeness (QED) is 0.584. The minimum atomic E-state index is -0.435. The molecule has 0 aromatic rings. The lowest BCUT2D eigenvalue weighted by molar-refractivity contribution is -0.123. The number of nitrogens with two attached hydrogens (primary N) is 1. The highest BCUT2D eigenvalue weighted by atomic mass is 16.3. The van der Waals surface area contributed by atoms with Crippen LogP contribution >= 0.6 is 0 Å². The summed E-state index contributed by atoms with van der Waals surface area (Å²) < 4.78 is 0.